The van der Waals surface area contributed by atoms with Crippen LogP contribution in [0, 0.1) is 0 Å². The maximum absolute atomic E-state index is 13.2. The highest BCUT2D eigenvalue weighted by atomic mass is 32.2. The van der Waals surface area contributed by atoms with E-state index in [0.29, 0.717) is 17.0 Å². The summed E-state index contributed by atoms with van der Waals surface area (Å²) in [7, 11) is 1.54. The molecule has 12 heteroatoms. The standard InChI is InChI=1S/C29H37N3O8S/c1-9-38-25(34)22-23(24(33)31(22)19-10-12-20(37-8)13-11-19)41-17-18-14-15-30-21(16-18)32(26(35)39-28(2,3)4)27(36)40-29(5,6)7/h10-16,22-23H,9,17H2,1-8H3/t22-,23+/m0/s1. The summed E-state index contributed by atoms with van der Waals surface area (Å²) in [6.45, 7) is 12.0. The maximum Gasteiger partial charge on any atom is 0.425 e. The van der Waals surface area contributed by atoms with Crippen LogP contribution in [-0.4, -0.2) is 65.3 Å². The van der Waals surface area contributed by atoms with Gasteiger partial charge in [-0.2, -0.15) is 4.90 Å². The molecule has 1 aromatic heterocycles. The number of esters is 1. The first-order valence-electron chi connectivity index (χ1n) is 13.1. The maximum atomic E-state index is 13.2. The van der Waals surface area contributed by atoms with Crippen LogP contribution in [0.15, 0.2) is 42.6 Å². The number of rotatable bonds is 8. The Balaban J connectivity index is 1.82. The predicted octanol–water partition coefficient (Wildman–Crippen LogP) is 5.35. The zero-order valence-corrected chi connectivity index (χ0v) is 25.4. The number of hydrogen-bond donors (Lipinski definition) is 0. The van der Waals surface area contributed by atoms with E-state index >= 15 is 0 Å². The molecule has 1 aromatic carbocycles. The van der Waals surface area contributed by atoms with Gasteiger partial charge < -0.3 is 18.9 Å². The molecular formula is C29H37N3O8S. The van der Waals surface area contributed by atoms with E-state index in [1.54, 1.807) is 92.0 Å². The molecule has 0 unspecified atom stereocenters. The van der Waals surface area contributed by atoms with E-state index in [-0.39, 0.29) is 24.1 Å². The Hall–Kier alpha value is -3.80. The highest BCUT2D eigenvalue weighted by molar-refractivity contribution is 8.00. The number of aromatic nitrogens is 1. The SMILES string of the molecule is CCOC(=O)[C@@H]1[C@@H](SCc2ccnc(N(C(=O)OC(C)(C)C)C(=O)OC(C)(C)C)c2)C(=O)N1c1ccc(OC)cc1. The van der Waals surface area contributed by atoms with Crippen molar-refractivity contribution in [1.82, 2.24) is 4.98 Å². The zero-order chi connectivity index (χ0) is 30.5. The molecule has 0 saturated carbocycles. The van der Waals surface area contributed by atoms with Gasteiger partial charge in [0.1, 0.15) is 28.0 Å². The smallest absolute Gasteiger partial charge is 0.425 e. The van der Waals surface area contributed by atoms with Crippen molar-refractivity contribution in [3.63, 3.8) is 0 Å². The number of amides is 3. The van der Waals surface area contributed by atoms with E-state index in [1.165, 1.54) is 22.9 Å². The van der Waals surface area contributed by atoms with Crippen molar-refractivity contribution in [3.8, 4) is 5.75 Å². The molecule has 222 valence electrons. The molecule has 0 bridgehead atoms. The third kappa shape index (κ3) is 8.12. The molecule has 0 spiro atoms. The molecule has 3 rings (SSSR count). The van der Waals surface area contributed by atoms with Gasteiger partial charge in [0, 0.05) is 17.6 Å². The van der Waals surface area contributed by atoms with Crippen LogP contribution in [-0.2, 0) is 29.6 Å². The average Bonchev–Trinajstić information content (AvgIpc) is 2.86. The molecule has 3 amide bonds. The lowest BCUT2D eigenvalue weighted by molar-refractivity contribution is -0.149. The molecule has 1 saturated heterocycles. The van der Waals surface area contributed by atoms with Crippen LogP contribution < -0.4 is 14.5 Å². The highest BCUT2D eigenvalue weighted by Gasteiger charge is 2.53. The Bertz CT molecular complexity index is 1240. The van der Waals surface area contributed by atoms with Gasteiger partial charge in [-0.3, -0.25) is 9.69 Å². The molecule has 1 aliphatic rings. The van der Waals surface area contributed by atoms with Gasteiger partial charge in [-0.05, 0) is 90.4 Å². The number of carbonyl (C=O) groups excluding carboxylic acids is 4. The van der Waals surface area contributed by atoms with Gasteiger partial charge in [0.25, 0.3) is 0 Å². The van der Waals surface area contributed by atoms with Crippen molar-refractivity contribution in [2.75, 3.05) is 23.5 Å². The number of pyridine rings is 1. The summed E-state index contributed by atoms with van der Waals surface area (Å²) in [6, 6.07) is 9.27. The number of anilines is 2. The first kappa shape index (κ1) is 31.7. The second-order valence-electron chi connectivity index (χ2n) is 11.2. The molecule has 0 radical (unpaired) electrons. The van der Waals surface area contributed by atoms with Crippen LogP contribution in [0.5, 0.6) is 5.75 Å². The molecule has 1 fully saturated rings. The molecule has 2 aromatic rings. The summed E-state index contributed by atoms with van der Waals surface area (Å²) in [4.78, 5) is 58.4. The molecule has 41 heavy (non-hydrogen) atoms. The van der Waals surface area contributed by atoms with Gasteiger partial charge in [-0.25, -0.2) is 19.4 Å². The summed E-state index contributed by atoms with van der Waals surface area (Å²) in [6.07, 6.45) is -0.423. The summed E-state index contributed by atoms with van der Waals surface area (Å²) in [5, 5.41) is -0.694. The van der Waals surface area contributed by atoms with E-state index in [9.17, 15) is 19.2 Å². The summed E-state index contributed by atoms with van der Waals surface area (Å²) >= 11 is 1.25. The fourth-order valence-electron chi connectivity index (χ4n) is 3.85. The predicted molar refractivity (Wildman–Crippen MR) is 155 cm³/mol. The van der Waals surface area contributed by atoms with Crippen molar-refractivity contribution >= 4 is 47.3 Å². The Labute approximate surface area is 244 Å². The Morgan fingerprint density at radius 2 is 1.56 bits per heavy atom. The normalized spacial score (nSPS) is 16.9. The number of nitrogens with zero attached hydrogens (tertiary/aromatic N) is 3. The molecule has 1 aliphatic heterocycles. The van der Waals surface area contributed by atoms with Gasteiger partial charge in [-0.15, -0.1) is 11.8 Å². The van der Waals surface area contributed by atoms with Crippen LogP contribution in [0.4, 0.5) is 21.1 Å². The first-order chi connectivity index (χ1) is 19.1. The lowest BCUT2D eigenvalue weighted by atomic mass is 9.99. The quantitative estimate of drug-likeness (QED) is 0.227. The summed E-state index contributed by atoms with van der Waals surface area (Å²) in [5.41, 5.74) is -0.516. The number of thioether (sulfide) groups is 1. The number of imide groups is 1. The minimum Gasteiger partial charge on any atom is -0.497 e. The third-order valence-electron chi connectivity index (χ3n) is 5.55. The van der Waals surface area contributed by atoms with Crippen LogP contribution in [0.3, 0.4) is 0 Å². The lowest BCUT2D eigenvalue weighted by Gasteiger charge is -2.44. The van der Waals surface area contributed by atoms with Crippen LogP contribution >= 0.6 is 11.8 Å². The van der Waals surface area contributed by atoms with E-state index in [0.717, 1.165) is 4.90 Å². The molecule has 2 atom stereocenters. The van der Waals surface area contributed by atoms with Crippen molar-refractivity contribution in [2.45, 2.75) is 76.7 Å². The number of benzene rings is 1. The number of β-lactam (4-membered cyclic amide) rings is 1. The monoisotopic (exact) mass is 587 g/mol. The average molecular weight is 588 g/mol. The van der Waals surface area contributed by atoms with Crippen molar-refractivity contribution < 1.29 is 38.1 Å². The number of methoxy groups -OCH3 is 1. The van der Waals surface area contributed by atoms with E-state index in [4.69, 9.17) is 18.9 Å². The highest BCUT2D eigenvalue weighted by Crippen LogP contribution is 2.38. The Morgan fingerprint density at radius 1 is 0.976 bits per heavy atom. The Kier molecular flexibility index (Phi) is 9.90. The van der Waals surface area contributed by atoms with Gasteiger partial charge in [0.2, 0.25) is 5.91 Å². The number of carbonyl (C=O) groups is 4. The van der Waals surface area contributed by atoms with Crippen LogP contribution in [0.1, 0.15) is 54.0 Å². The fourth-order valence-corrected chi connectivity index (χ4v) is 5.07. The van der Waals surface area contributed by atoms with Gasteiger partial charge in [-0.1, -0.05) is 0 Å². The van der Waals surface area contributed by atoms with Crippen molar-refractivity contribution in [3.05, 3.63) is 48.2 Å². The lowest BCUT2D eigenvalue weighted by Crippen LogP contribution is -2.67. The van der Waals surface area contributed by atoms with Crippen LogP contribution in [0.25, 0.3) is 0 Å². The van der Waals surface area contributed by atoms with Crippen LogP contribution in [0.2, 0.25) is 0 Å². The van der Waals surface area contributed by atoms with Gasteiger partial charge in [0.15, 0.2) is 6.04 Å². The fraction of sp³-hybridized carbons (Fsp3) is 0.483. The summed E-state index contributed by atoms with van der Waals surface area (Å²) in [5.74, 6) is 0.178. The van der Waals surface area contributed by atoms with E-state index < -0.39 is 40.6 Å². The topological polar surface area (TPSA) is 125 Å². The molecular weight excluding hydrogens is 550 g/mol. The van der Waals surface area contributed by atoms with Crippen molar-refractivity contribution in [2.24, 2.45) is 0 Å². The number of ether oxygens (including phenoxy) is 4. The largest absolute Gasteiger partial charge is 0.497 e. The molecule has 0 N–H and O–H groups in total. The number of hydrogen-bond acceptors (Lipinski definition) is 10. The minimum atomic E-state index is -0.935. The zero-order valence-electron chi connectivity index (χ0n) is 24.6. The van der Waals surface area contributed by atoms with E-state index in [2.05, 4.69) is 4.98 Å². The minimum absolute atomic E-state index is 0.00772. The van der Waals surface area contributed by atoms with E-state index in [1.807, 2.05) is 0 Å². The second-order valence-corrected chi connectivity index (χ2v) is 12.3. The Morgan fingerprint density at radius 3 is 2.07 bits per heavy atom. The van der Waals surface area contributed by atoms with Gasteiger partial charge >= 0.3 is 18.2 Å². The molecule has 0 aliphatic carbocycles. The molecule has 2 heterocycles. The van der Waals surface area contributed by atoms with Gasteiger partial charge in [0.05, 0.1) is 13.7 Å². The molecule has 11 nitrogen and oxygen atoms in total. The summed E-state index contributed by atoms with van der Waals surface area (Å²) < 4.78 is 21.3. The first-order valence-corrected chi connectivity index (χ1v) is 14.2. The van der Waals surface area contributed by atoms with Crippen molar-refractivity contribution in [1.29, 1.82) is 0 Å². The second kappa shape index (κ2) is 12.8. The third-order valence-corrected chi connectivity index (χ3v) is 6.86.